The first-order valence-electron chi connectivity index (χ1n) is 5.58. The maximum Gasteiger partial charge on any atom is 0.337 e. The molecule has 2 rings (SSSR count). The molecule has 0 radical (unpaired) electrons. The summed E-state index contributed by atoms with van der Waals surface area (Å²) in [6.07, 6.45) is 1.96. The quantitative estimate of drug-likeness (QED) is 0.849. The lowest BCUT2D eigenvalue weighted by molar-refractivity contribution is 0.0698. The maximum absolute atomic E-state index is 11.3. The molecular weight excluding hydrogens is 216 g/mol. The number of benzene rings is 1. The summed E-state index contributed by atoms with van der Waals surface area (Å²) in [4.78, 5) is 11.3. The summed E-state index contributed by atoms with van der Waals surface area (Å²) >= 11 is 0. The third-order valence-corrected chi connectivity index (χ3v) is 2.92. The Morgan fingerprint density at radius 2 is 2.12 bits per heavy atom. The van der Waals surface area contributed by atoms with E-state index in [1.165, 1.54) is 0 Å². The molecule has 4 heteroatoms. The van der Waals surface area contributed by atoms with Crippen molar-refractivity contribution in [3.63, 3.8) is 0 Å². The zero-order chi connectivity index (χ0) is 12.6. The number of rotatable bonds is 3. The van der Waals surface area contributed by atoms with E-state index in [2.05, 4.69) is 0 Å². The minimum atomic E-state index is -0.893. The van der Waals surface area contributed by atoms with E-state index >= 15 is 0 Å². The first kappa shape index (κ1) is 11.7. The number of hydrogen-bond acceptors (Lipinski definition) is 2. The van der Waals surface area contributed by atoms with Gasteiger partial charge in [0.25, 0.3) is 0 Å². The highest BCUT2D eigenvalue weighted by Gasteiger charge is 2.15. The number of nitrogens with zero attached hydrogens (tertiary/aromatic N) is 1. The van der Waals surface area contributed by atoms with Gasteiger partial charge in [-0.2, -0.15) is 0 Å². The third kappa shape index (κ3) is 1.91. The van der Waals surface area contributed by atoms with E-state index < -0.39 is 5.97 Å². The third-order valence-electron chi connectivity index (χ3n) is 2.92. The van der Waals surface area contributed by atoms with Crippen molar-refractivity contribution in [1.82, 2.24) is 4.57 Å². The smallest absolute Gasteiger partial charge is 0.337 e. The number of aromatic carboxylic acids is 1. The van der Waals surface area contributed by atoms with Crippen LogP contribution in [0.2, 0.25) is 0 Å². The fourth-order valence-electron chi connectivity index (χ4n) is 2.24. The molecule has 0 aliphatic rings. The molecule has 90 valence electrons. The van der Waals surface area contributed by atoms with Crippen LogP contribution in [-0.2, 0) is 6.54 Å². The van der Waals surface area contributed by atoms with Gasteiger partial charge < -0.3 is 15.4 Å². The van der Waals surface area contributed by atoms with E-state index in [4.69, 9.17) is 5.73 Å². The van der Waals surface area contributed by atoms with Gasteiger partial charge in [-0.05, 0) is 37.1 Å². The summed E-state index contributed by atoms with van der Waals surface area (Å²) in [6.45, 7) is 5.02. The Kier molecular flexibility index (Phi) is 2.90. The molecule has 0 aliphatic heterocycles. The predicted molar refractivity (Wildman–Crippen MR) is 67.4 cm³/mol. The molecule has 0 aliphatic carbocycles. The predicted octanol–water partition coefficient (Wildman–Crippen LogP) is 1.92. The molecule has 2 aromatic rings. The lowest BCUT2D eigenvalue weighted by Gasteiger charge is -2.07. The summed E-state index contributed by atoms with van der Waals surface area (Å²) in [5.74, 6) is -0.893. The Labute approximate surface area is 99.7 Å². The highest BCUT2D eigenvalue weighted by atomic mass is 16.4. The summed E-state index contributed by atoms with van der Waals surface area (Å²) in [7, 11) is 0. The molecule has 3 N–H and O–H groups in total. The number of carbonyl (C=O) groups is 1. The lowest BCUT2D eigenvalue weighted by Crippen LogP contribution is -2.10. The molecule has 0 unspecified atom stereocenters. The van der Waals surface area contributed by atoms with E-state index in [-0.39, 0.29) is 0 Å². The Morgan fingerprint density at radius 1 is 1.41 bits per heavy atom. The van der Waals surface area contributed by atoms with Gasteiger partial charge in [0.2, 0.25) is 0 Å². The van der Waals surface area contributed by atoms with Crippen molar-refractivity contribution in [1.29, 1.82) is 0 Å². The molecule has 1 heterocycles. The van der Waals surface area contributed by atoms with E-state index in [1.54, 1.807) is 6.07 Å². The fourth-order valence-corrected chi connectivity index (χ4v) is 2.24. The van der Waals surface area contributed by atoms with E-state index in [0.717, 1.165) is 22.0 Å². The molecule has 0 spiro atoms. The summed E-state index contributed by atoms with van der Waals surface area (Å²) in [5.41, 5.74) is 8.71. The number of carboxylic acid groups (broad SMARTS) is 1. The van der Waals surface area contributed by atoms with Gasteiger partial charge in [0.1, 0.15) is 0 Å². The van der Waals surface area contributed by atoms with Crippen LogP contribution in [0.5, 0.6) is 0 Å². The van der Waals surface area contributed by atoms with Gasteiger partial charge in [-0.15, -0.1) is 0 Å². The van der Waals surface area contributed by atoms with Crippen molar-refractivity contribution >= 4 is 16.9 Å². The van der Waals surface area contributed by atoms with E-state index in [1.807, 2.05) is 30.7 Å². The topological polar surface area (TPSA) is 68.2 Å². The Bertz CT molecular complexity index is 585. The largest absolute Gasteiger partial charge is 0.478 e. The van der Waals surface area contributed by atoms with Gasteiger partial charge in [-0.25, -0.2) is 4.79 Å². The van der Waals surface area contributed by atoms with Gasteiger partial charge in [-0.3, -0.25) is 0 Å². The van der Waals surface area contributed by atoms with Gasteiger partial charge in [0.05, 0.1) is 11.1 Å². The second-order valence-electron chi connectivity index (χ2n) is 4.31. The molecular formula is C13H16N2O2. The average Bonchev–Trinajstić information content (AvgIpc) is 2.55. The van der Waals surface area contributed by atoms with Gasteiger partial charge >= 0.3 is 5.97 Å². The van der Waals surface area contributed by atoms with Crippen LogP contribution in [0.1, 0.15) is 21.5 Å². The normalized spacial score (nSPS) is 11.0. The molecule has 0 saturated carbocycles. The summed E-state index contributed by atoms with van der Waals surface area (Å²) < 4.78 is 1.92. The minimum absolute atomic E-state index is 0.349. The zero-order valence-electron chi connectivity index (χ0n) is 10.0. The molecule has 4 nitrogen and oxygen atoms in total. The van der Waals surface area contributed by atoms with Crippen molar-refractivity contribution < 1.29 is 9.90 Å². The Hall–Kier alpha value is -1.81. The summed E-state index contributed by atoms with van der Waals surface area (Å²) in [5, 5.41) is 10.3. The van der Waals surface area contributed by atoms with Crippen LogP contribution < -0.4 is 5.73 Å². The first-order valence-corrected chi connectivity index (χ1v) is 5.58. The first-order chi connectivity index (χ1) is 8.04. The zero-order valence-corrected chi connectivity index (χ0v) is 10.0. The molecule has 0 amide bonds. The molecule has 0 fully saturated rings. The number of aryl methyl sites for hydroxylation is 2. The van der Waals surface area contributed by atoms with Crippen LogP contribution in [0.3, 0.4) is 0 Å². The standard InChI is InChI=1S/C13H16N2O2/c1-8-5-10-9(2)7-15(4-3-14)12(10)11(6-8)13(16)17/h5-7H,3-4,14H2,1-2H3,(H,16,17). The molecule has 17 heavy (non-hydrogen) atoms. The monoisotopic (exact) mass is 232 g/mol. The summed E-state index contributed by atoms with van der Waals surface area (Å²) in [6, 6.07) is 3.72. The van der Waals surface area contributed by atoms with Crippen molar-refractivity contribution in [3.05, 3.63) is 35.0 Å². The van der Waals surface area contributed by atoms with Crippen molar-refractivity contribution in [2.45, 2.75) is 20.4 Å². The fraction of sp³-hybridized carbons (Fsp3) is 0.308. The Balaban J connectivity index is 2.82. The maximum atomic E-state index is 11.3. The number of carboxylic acids is 1. The van der Waals surface area contributed by atoms with Crippen LogP contribution in [0.25, 0.3) is 10.9 Å². The highest BCUT2D eigenvalue weighted by Crippen LogP contribution is 2.26. The molecule has 1 aromatic carbocycles. The molecule has 0 saturated heterocycles. The second-order valence-corrected chi connectivity index (χ2v) is 4.31. The highest BCUT2D eigenvalue weighted by molar-refractivity contribution is 6.03. The molecule has 0 atom stereocenters. The number of nitrogens with two attached hydrogens (primary N) is 1. The average molecular weight is 232 g/mol. The van der Waals surface area contributed by atoms with Crippen LogP contribution in [0.4, 0.5) is 0 Å². The SMILES string of the molecule is Cc1cc(C(=O)O)c2c(c1)c(C)cn2CCN. The second kappa shape index (κ2) is 4.22. The lowest BCUT2D eigenvalue weighted by atomic mass is 10.1. The van der Waals surface area contributed by atoms with Crippen LogP contribution >= 0.6 is 0 Å². The van der Waals surface area contributed by atoms with Gasteiger partial charge in [0.15, 0.2) is 0 Å². The van der Waals surface area contributed by atoms with Crippen LogP contribution in [-0.4, -0.2) is 22.2 Å². The molecule has 1 aromatic heterocycles. The van der Waals surface area contributed by atoms with Crippen LogP contribution in [0.15, 0.2) is 18.3 Å². The van der Waals surface area contributed by atoms with Crippen molar-refractivity contribution in [2.75, 3.05) is 6.54 Å². The van der Waals surface area contributed by atoms with Gasteiger partial charge in [-0.1, -0.05) is 0 Å². The van der Waals surface area contributed by atoms with Crippen LogP contribution in [0, 0.1) is 13.8 Å². The number of hydrogen-bond donors (Lipinski definition) is 2. The van der Waals surface area contributed by atoms with Crippen molar-refractivity contribution in [2.24, 2.45) is 5.73 Å². The van der Waals surface area contributed by atoms with Crippen molar-refractivity contribution in [3.8, 4) is 0 Å². The number of fused-ring (bicyclic) bond motifs is 1. The van der Waals surface area contributed by atoms with E-state index in [9.17, 15) is 9.90 Å². The molecule has 0 bridgehead atoms. The minimum Gasteiger partial charge on any atom is -0.478 e. The Morgan fingerprint density at radius 3 is 2.71 bits per heavy atom. The number of aromatic nitrogens is 1. The van der Waals surface area contributed by atoms with E-state index in [0.29, 0.717) is 18.7 Å². The van der Waals surface area contributed by atoms with Gasteiger partial charge in [0, 0.05) is 24.7 Å².